The van der Waals surface area contributed by atoms with Crippen LogP contribution in [0.1, 0.15) is 67.8 Å². The predicted molar refractivity (Wildman–Crippen MR) is 554 cm³/mol. The molecule has 0 atom stereocenters. The molecule has 17 rings (SSSR count). The molecule has 0 saturated heterocycles. The monoisotopic (exact) mass is 2020 g/mol. The van der Waals surface area contributed by atoms with Crippen molar-refractivity contribution in [2.45, 2.75) is 52.4 Å². The molecular formula is C112H136N16NiO16. The molecule has 770 valence electrons. The number of hydrogen-bond acceptors (Lipinski definition) is 30. The molecule has 0 saturated carbocycles. The smallest absolute Gasteiger partial charge is 0.377 e. The fourth-order valence-electron chi connectivity index (χ4n) is 18.1. The second-order valence-electron chi connectivity index (χ2n) is 35.3. The van der Waals surface area contributed by atoms with Gasteiger partial charge in [0.1, 0.15) is 23.3 Å². The van der Waals surface area contributed by atoms with Gasteiger partial charge in [-0.3, -0.25) is 0 Å². The van der Waals surface area contributed by atoms with Gasteiger partial charge in [0.05, 0.1) is 257 Å². The third kappa shape index (κ3) is 32.2. The maximum atomic E-state index is 6.80. The molecule has 0 N–H and O–H groups in total. The summed E-state index contributed by atoms with van der Waals surface area (Å²) < 4.78 is 104. The topological polar surface area (TPSA) is 279 Å². The molecule has 9 heterocycles. The quantitative estimate of drug-likeness (QED) is 0.0812. The van der Waals surface area contributed by atoms with E-state index in [1.165, 1.54) is 0 Å². The van der Waals surface area contributed by atoms with Crippen molar-refractivity contribution in [1.29, 1.82) is 0 Å². The van der Waals surface area contributed by atoms with Crippen LogP contribution in [0.3, 0.4) is 0 Å². The summed E-state index contributed by atoms with van der Waals surface area (Å²) in [6, 6.07) is 84.2. The van der Waals surface area contributed by atoms with E-state index < -0.39 is 0 Å². The van der Waals surface area contributed by atoms with Crippen molar-refractivity contribution < 1.29 is 92.3 Å². The molecule has 0 aliphatic carbocycles. The molecule has 8 bridgehead atoms. The van der Waals surface area contributed by atoms with E-state index >= 15 is 0 Å². The van der Waals surface area contributed by atoms with Gasteiger partial charge in [-0.1, -0.05) is 243 Å². The minimum absolute atomic E-state index is 0. The van der Waals surface area contributed by atoms with Crippen molar-refractivity contribution in [3.8, 4) is 0 Å². The SMILES string of the molecule is [Ni+2].c1ccc(CN2CCOCCOCCOCCOCCN(Cc3ccccc3)C3=C2c2nc3nc3[n-]c(nc4nc(nc5[n-]c(n2)c2c5N(Cc5ccccc5)CCOCCOCCOCCOCCN2Cc2ccccc2)C2=C4N(Cc4ccccc4)CCOCCOCCOCCOCCN2Cc2ccccc2)c2c3N(Cc3ccccc3)CCOCCOCCOCCOCCN2Cc2ccccc2)cc1. The fourth-order valence-corrected chi connectivity index (χ4v) is 18.1. The standard InChI is InChI=1S/C112H136N16O16.Ni/c1-9-25-89(26-10-1)81-121-41-49-129-57-65-137-73-74-138-66-58-130-50-42-122(82-90-27-11-2-12-28-90)98-97(121)105-113-106(98)118-108-101-102(126(86-94-35-19-6-20-36-94)46-54-134-62-70-142-78-77-141-69-61-133-53-45-125(101)85-93-33-17-5-18-34-93)110(115-108)120-112-104-103(127(87-95-37-21-7-22-38-95)47-55-135-63-71-143-79-80-144-72-64-136-56-48-128(104)88-96-39-23-8-24-40-96)111(116-112)119-109-100-99(107(114-109)117-105)123(83-91-29-13-3-14-30-91)43-51-131-59-67-139-75-76-140-68-60-132-52-44-124(100)84-92-31-15-4-16-32-92;/h1-40H,41-88H2;/q-2;+2. The van der Waals surface area contributed by atoms with E-state index in [1.807, 2.05) is 48.5 Å². The van der Waals surface area contributed by atoms with Crippen LogP contribution in [0.15, 0.2) is 243 Å². The molecule has 0 fully saturated rings. The van der Waals surface area contributed by atoms with E-state index in [9.17, 15) is 0 Å². The first kappa shape index (κ1) is 106. The first-order valence-corrected chi connectivity index (χ1v) is 50.8. The van der Waals surface area contributed by atoms with Gasteiger partial charge in [0.15, 0.2) is 0 Å². The number of anilines is 4. The molecule has 145 heavy (non-hydrogen) atoms. The van der Waals surface area contributed by atoms with E-state index in [2.05, 4.69) is 233 Å². The second-order valence-corrected chi connectivity index (χ2v) is 35.3. The van der Waals surface area contributed by atoms with E-state index in [0.717, 1.165) is 44.5 Å². The molecule has 6 aliphatic heterocycles. The molecule has 3 aromatic heterocycles. The summed E-state index contributed by atoms with van der Waals surface area (Å²) in [5.41, 5.74) is 14.3. The maximum absolute atomic E-state index is 6.80. The number of hydrogen-bond donors (Lipinski definition) is 0. The molecule has 6 aliphatic rings. The molecule has 11 aromatic rings. The van der Waals surface area contributed by atoms with Gasteiger partial charge < -0.3 is 145 Å². The fraction of sp³-hybridized carbons (Fsp3) is 0.429. The summed E-state index contributed by atoms with van der Waals surface area (Å²) in [4.78, 5) is 68.9. The molecule has 33 heteroatoms. The van der Waals surface area contributed by atoms with Crippen LogP contribution in [0.2, 0.25) is 0 Å². The van der Waals surface area contributed by atoms with Gasteiger partial charge in [-0.2, -0.15) is 0 Å². The van der Waals surface area contributed by atoms with Crippen LogP contribution >= 0.6 is 0 Å². The molecule has 0 spiro atoms. The molecule has 32 nitrogen and oxygen atoms in total. The zero-order valence-electron chi connectivity index (χ0n) is 83.0. The van der Waals surface area contributed by atoms with E-state index in [0.29, 0.717) is 309 Å². The third-order valence-corrected chi connectivity index (χ3v) is 25.1. The molecule has 0 radical (unpaired) electrons. The number of aromatic nitrogens is 8. The van der Waals surface area contributed by atoms with Crippen molar-refractivity contribution in [2.75, 3.05) is 283 Å². The van der Waals surface area contributed by atoms with Crippen LogP contribution in [0.5, 0.6) is 0 Å². The van der Waals surface area contributed by atoms with Crippen LogP contribution in [-0.4, -0.2) is 313 Å². The Morgan fingerprint density at radius 1 is 0.159 bits per heavy atom. The Morgan fingerprint density at radius 2 is 0.283 bits per heavy atom. The summed E-state index contributed by atoms with van der Waals surface area (Å²) in [6.07, 6.45) is 0. The normalized spacial score (nSPS) is 18.0. The maximum Gasteiger partial charge on any atom is 2.00 e. The van der Waals surface area contributed by atoms with Crippen LogP contribution in [0.25, 0.3) is 45.4 Å². The van der Waals surface area contributed by atoms with E-state index in [4.69, 9.17) is 116 Å². The molecule has 8 aromatic carbocycles. The van der Waals surface area contributed by atoms with E-state index in [1.54, 1.807) is 0 Å². The van der Waals surface area contributed by atoms with Crippen molar-refractivity contribution in [3.05, 3.63) is 310 Å². The first-order chi connectivity index (χ1) is 71.5. The van der Waals surface area contributed by atoms with Gasteiger partial charge in [0.2, 0.25) is 0 Å². The third-order valence-electron chi connectivity index (χ3n) is 25.1. The number of rotatable bonds is 16. The minimum Gasteiger partial charge on any atom is -0.377 e. The molecule has 0 unspecified atom stereocenters. The Morgan fingerprint density at radius 3 is 0.428 bits per heavy atom. The Balaban J connectivity index is 0.0000151. The van der Waals surface area contributed by atoms with Crippen LogP contribution in [-0.2, 0) is 145 Å². The van der Waals surface area contributed by atoms with Gasteiger partial charge in [-0.15, -0.1) is 0 Å². The Bertz CT molecular complexity index is 5150. The summed E-state index contributed by atoms with van der Waals surface area (Å²) >= 11 is 0. The average molecular weight is 2020 g/mol. The molecular weight excluding hydrogens is 1880 g/mol. The van der Waals surface area contributed by atoms with Gasteiger partial charge >= 0.3 is 16.5 Å². The van der Waals surface area contributed by atoms with Crippen molar-refractivity contribution in [3.63, 3.8) is 0 Å². The minimum atomic E-state index is 0. The zero-order chi connectivity index (χ0) is 97.7. The Kier molecular flexibility index (Phi) is 43.3. The van der Waals surface area contributed by atoms with Crippen LogP contribution in [0.4, 0.5) is 22.7 Å². The van der Waals surface area contributed by atoms with Crippen molar-refractivity contribution in [1.82, 2.24) is 59.5 Å². The number of ether oxygens (including phenoxy) is 16. The van der Waals surface area contributed by atoms with Crippen molar-refractivity contribution >= 4 is 68.1 Å². The second kappa shape index (κ2) is 59.2. The molecule has 0 amide bonds. The zero-order valence-corrected chi connectivity index (χ0v) is 84.0. The Hall–Kier alpha value is -11.7. The summed E-state index contributed by atoms with van der Waals surface area (Å²) in [6.45, 7) is 15.7. The van der Waals surface area contributed by atoms with Crippen molar-refractivity contribution in [2.24, 2.45) is 0 Å². The number of nitrogens with zero attached hydrogens (tertiary/aromatic N) is 16. The predicted octanol–water partition coefficient (Wildman–Crippen LogP) is 13.2. The van der Waals surface area contributed by atoms with Gasteiger partial charge in [0.25, 0.3) is 0 Å². The average Bonchev–Trinajstić information content (AvgIpc) is 1.58. The van der Waals surface area contributed by atoms with Gasteiger partial charge in [0, 0.05) is 127 Å². The van der Waals surface area contributed by atoms with Gasteiger partial charge in [-0.25, -0.2) is 9.97 Å². The Labute approximate surface area is 861 Å². The largest absolute Gasteiger partial charge is 2.00 e. The summed E-state index contributed by atoms with van der Waals surface area (Å²) in [5.74, 6) is 1.15. The van der Waals surface area contributed by atoms with Crippen LogP contribution < -0.4 is 29.6 Å². The number of benzene rings is 8. The first-order valence-electron chi connectivity index (χ1n) is 50.8. The van der Waals surface area contributed by atoms with E-state index in [-0.39, 0.29) is 115 Å². The number of fused-ring (bicyclic) bond motifs is 18. The van der Waals surface area contributed by atoms with Gasteiger partial charge in [-0.05, 0) is 44.5 Å². The summed E-state index contributed by atoms with van der Waals surface area (Å²) in [5, 5.41) is 0. The summed E-state index contributed by atoms with van der Waals surface area (Å²) in [7, 11) is 0. The van der Waals surface area contributed by atoms with Crippen LogP contribution in [0, 0.1) is 0 Å².